The minimum absolute atomic E-state index is 0.301. The third-order valence-corrected chi connectivity index (χ3v) is 2.82. The minimum Gasteiger partial charge on any atom is -0.496 e. The second kappa shape index (κ2) is 5.28. The fourth-order valence-electron chi connectivity index (χ4n) is 1.37. The molecule has 0 aliphatic heterocycles. The van der Waals surface area contributed by atoms with Crippen molar-refractivity contribution in [1.82, 2.24) is 0 Å². The molecule has 1 rings (SSSR count). The molecule has 15 heavy (non-hydrogen) atoms. The number of methoxy groups -OCH3 is 1. The van der Waals surface area contributed by atoms with Crippen LogP contribution in [-0.2, 0) is 0 Å². The summed E-state index contributed by atoms with van der Waals surface area (Å²) in [5.41, 5.74) is 6.80. The fraction of sp³-hybridized carbons (Fsp3) is 0.273. The predicted molar refractivity (Wildman–Crippen MR) is 63.5 cm³/mol. The van der Waals surface area contributed by atoms with Gasteiger partial charge in [0.05, 0.1) is 11.6 Å². The summed E-state index contributed by atoms with van der Waals surface area (Å²) in [6, 6.07) is 1.43. The van der Waals surface area contributed by atoms with E-state index in [-0.39, 0.29) is 5.82 Å². The van der Waals surface area contributed by atoms with Crippen molar-refractivity contribution in [3.05, 3.63) is 33.6 Å². The SMILES string of the molecule is COc1c(C)cc(F)c(Br)c1/C=C/CN. The van der Waals surface area contributed by atoms with Gasteiger partial charge >= 0.3 is 0 Å². The van der Waals surface area contributed by atoms with Crippen LogP contribution in [0.5, 0.6) is 5.75 Å². The molecule has 82 valence electrons. The maximum absolute atomic E-state index is 13.4. The number of hydrogen-bond acceptors (Lipinski definition) is 2. The van der Waals surface area contributed by atoms with E-state index in [9.17, 15) is 4.39 Å². The average molecular weight is 274 g/mol. The molecule has 2 N–H and O–H groups in total. The smallest absolute Gasteiger partial charge is 0.138 e. The number of hydrogen-bond donors (Lipinski definition) is 1. The molecule has 0 heterocycles. The molecule has 0 unspecified atom stereocenters. The van der Waals surface area contributed by atoms with Gasteiger partial charge in [0, 0.05) is 12.1 Å². The normalized spacial score (nSPS) is 11.0. The number of benzene rings is 1. The average Bonchev–Trinajstić information content (AvgIpc) is 2.21. The molecule has 0 spiro atoms. The highest BCUT2D eigenvalue weighted by Gasteiger charge is 2.12. The van der Waals surface area contributed by atoms with E-state index >= 15 is 0 Å². The molecule has 0 aliphatic carbocycles. The summed E-state index contributed by atoms with van der Waals surface area (Å²) >= 11 is 3.19. The van der Waals surface area contributed by atoms with E-state index in [4.69, 9.17) is 10.5 Å². The number of halogens is 2. The second-order valence-electron chi connectivity index (χ2n) is 3.07. The highest BCUT2D eigenvalue weighted by Crippen LogP contribution is 2.33. The molecule has 0 saturated heterocycles. The van der Waals surface area contributed by atoms with Gasteiger partial charge in [-0.15, -0.1) is 0 Å². The maximum atomic E-state index is 13.4. The second-order valence-corrected chi connectivity index (χ2v) is 3.87. The van der Waals surface area contributed by atoms with Gasteiger partial charge < -0.3 is 10.5 Å². The third kappa shape index (κ3) is 2.58. The van der Waals surface area contributed by atoms with E-state index in [2.05, 4.69) is 15.9 Å². The molecule has 2 nitrogen and oxygen atoms in total. The van der Waals surface area contributed by atoms with Crippen LogP contribution in [0.2, 0.25) is 0 Å². The van der Waals surface area contributed by atoms with Crippen LogP contribution < -0.4 is 10.5 Å². The van der Waals surface area contributed by atoms with Gasteiger partial charge in [0.15, 0.2) is 0 Å². The van der Waals surface area contributed by atoms with Crippen LogP contribution in [0, 0.1) is 12.7 Å². The van der Waals surface area contributed by atoms with Crippen LogP contribution in [0.4, 0.5) is 4.39 Å². The van der Waals surface area contributed by atoms with Crippen LogP contribution >= 0.6 is 15.9 Å². The van der Waals surface area contributed by atoms with Crippen LogP contribution in [-0.4, -0.2) is 13.7 Å². The summed E-state index contributed by atoms with van der Waals surface area (Å²) in [7, 11) is 1.56. The topological polar surface area (TPSA) is 35.2 Å². The number of ether oxygens (including phenoxy) is 1. The Hall–Kier alpha value is -0.870. The Labute approximate surface area is 97.1 Å². The first kappa shape index (κ1) is 12.2. The van der Waals surface area contributed by atoms with Crippen molar-refractivity contribution in [2.24, 2.45) is 5.73 Å². The first-order valence-corrected chi connectivity index (χ1v) is 5.30. The van der Waals surface area contributed by atoms with Crippen molar-refractivity contribution in [3.63, 3.8) is 0 Å². The Morgan fingerprint density at radius 2 is 2.27 bits per heavy atom. The summed E-state index contributed by atoms with van der Waals surface area (Å²) in [4.78, 5) is 0. The van der Waals surface area contributed by atoms with Crippen LogP contribution in [0.15, 0.2) is 16.6 Å². The molecule has 1 aromatic carbocycles. The molecule has 0 aliphatic rings. The number of nitrogens with two attached hydrogens (primary N) is 1. The zero-order valence-corrected chi connectivity index (χ0v) is 10.3. The van der Waals surface area contributed by atoms with E-state index in [1.165, 1.54) is 6.07 Å². The Balaban J connectivity index is 3.36. The summed E-state index contributed by atoms with van der Waals surface area (Å²) in [5.74, 6) is 0.359. The van der Waals surface area contributed by atoms with Crippen LogP contribution in [0.1, 0.15) is 11.1 Å². The van der Waals surface area contributed by atoms with E-state index < -0.39 is 0 Å². The molecular weight excluding hydrogens is 261 g/mol. The highest BCUT2D eigenvalue weighted by atomic mass is 79.9. The molecule has 4 heteroatoms. The number of aryl methyl sites for hydroxylation is 1. The van der Waals surface area contributed by atoms with Crippen molar-refractivity contribution in [3.8, 4) is 5.75 Å². The van der Waals surface area contributed by atoms with E-state index in [0.717, 1.165) is 5.56 Å². The van der Waals surface area contributed by atoms with E-state index in [1.807, 2.05) is 0 Å². The molecule has 0 radical (unpaired) electrons. The largest absolute Gasteiger partial charge is 0.496 e. The van der Waals surface area contributed by atoms with Gasteiger partial charge in [-0.05, 0) is 34.5 Å². The lowest BCUT2D eigenvalue weighted by Crippen LogP contribution is -1.96. The summed E-state index contributed by atoms with van der Waals surface area (Å²) < 4.78 is 19.0. The van der Waals surface area contributed by atoms with E-state index in [1.54, 1.807) is 26.2 Å². The van der Waals surface area contributed by atoms with Crippen LogP contribution in [0.25, 0.3) is 6.08 Å². The molecule has 0 fully saturated rings. The van der Waals surface area contributed by atoms with Crippen molar-refractivity contribution >= 4 is 22.0 Å². The molecular formula is C11H13BrFNO. The first-order valence-electron chi connectivity index (χ1n) is 4.51. The molecule has 1 aromatic rings. The van der Waals surface area contributed by atoms with Crippen molar-refractivity contribution in [2.45, 2.75) is 6.92 Å². The standard InChI is InChI=1S/C11H13BrFNO/c1-7-6-9(13)10(12)8(4-3-5-14)11(7)15-2/h3-4,6H,5,14H2,1-2H3/b4-3+. The molecule has 0 saturated carbocycles. The Kier molecular flexibility index (Phi) is 4.29. The molecule has 0 bridgehead atoms. The number of rotatable bonds is 3. The summed E-state index contributed by atoms with van der Waals surface area (Å²) in [6.45, 7) is 2.21. The summed E-state index contributed by atoms with van der Waals surface area (Å²) in [6.07, 6.45) is 3.50. The molecule has 0 amide bonds. The lowest BCUT2D eigenvalue weighted by molar-refractivity contribution is 0.409. The Morgan fingerprint density at radius 3 is 2.80 bits per heavy atom. The first-order chi connectivity index (χ1) is 7.11. The van der Waals surface area contributed by atoms with Gasteiger partial charge in [-0.2, -0.15) is 0 Å². The molecule has 0 aromatic heterocycles. The zero-order valence-electron chi connectivity index (χ0n) is 8.68. The van der Waals surface area contributed by atoms with Crippen molar-refractivity contribution < 1.29 is 9.13 Å². The van der Waals surface area contributed by atoms with Crippen molar-refractivity contribution in [1.29, 1.82) is 0 Å². The van der Waals surface area contributed by atoms with Crippen LogP contribution in [0.3, 0.4) is 0 Å². The lowest BCUT2D eigenvalue weighted by Gasteiger charge is -2.11. The minimum atomic E-state index is -0.301. The summed E-state index contributed by atoms with van der Waals surface area (Å²) in [5, 5.41) is 0. The van der Waals surface area contributed by atoms with Gasteiger partial charge in [-0.25, -0.2) is 4.39 Å². The molecule has 0 atom stereocenters. The quantitative estimate of drug-likeness (QED) is 0.919. The fourth-order valence-corrected chi connectivity index (χ4v) is 1.79. The highest BCUT2D eigenvalue weighted by molar-refractivity contribution is 9.10. The van der Waals surface area contributed by atoms with Gasteiger partial charge in [0.25, 0.3) is 0 Å². The Morgan fingerprint density at radius 1 is 1.60 bits per heavy atom. The predicted octanol–water partition coefficient (Wildman–Crippen LogP) is 2.88. The van der Waals surface area contributed by atoms with Crippen molar-refractivity contribution in [2.75, 3.05) is 13.7 Å². The zero-order chi connectivity index (χ0) is 11.4. The van der Waals surface area contributed by atoms with E-state index in [0.29, 0.717) is 22.3 Å². The monoisotopic (exact) mass is 273 g/mol. The van der Waals surface area contributed by atoms with Gasteiger partial charge in [0.2, 0.25) is 0 Å². The maximum Gasteiger partial charge on any atom is 0.138 e. The Bertz CT molecular complexity index is 391. The van der Waals surface area contributed by atoms with Gasteiger partial charge in [-0.3, -0.25) is 0 Å². The van der Waals surface area contributed by atoms with Gasteiger partial charge in [0.1, 0.15) is 11.6 Å². The lowest BCUT2D eigenvalue weighted by atomic mass is 10.1. The van der Waals surface area contributed by atoms with Gasteiger partial charge in [-0.1, -0.05) is 12.2 Å². The third-order valence-electron chi connectivity index (χ3n) is 2.02.